The maximum atomic E-state index is 12.7. The van der Waals surface area contributed by atoms with Crippen LogP contribution in [0.25, 0.3) is 0 Å². The molecule has 148 valence electrons. The van der Waals surface area contributed by atoms with E-state index in [1.54, 1.807) is 7.11 Å². The third-order valence-corrected chi connectivity index (χ3v) is 5.52. The summed E-state index contributed by atoms with van der Waals surface area (Å²) in [5, 5.41) is 3.39. The Labute approximate surface area is 160 Å². The molecule has 0 unspecified atom stereocenters. The Bertz CT molecular complexity index is 675. The van der Waals surface area contributed by atoms with Crippen LogP contribution < -0.4 is 19.5 Å². The van der Waals surface area contributed by atoms with Crippen LogP contribution in [0.5, 0.6) is 17.2 Å². The summed E-state index contributed by atoms with van der Waals surface area (Å²) in [4.78, 5) is 17.0. The molecular weight excluding hydrogens is 346 g/mol. The van der Waals surface area contributed by atoms with E-state index >= 15 is 0 Å². The zero-order valence-corrected chi connectivity index (χ0v) is 16.0. The van der Waals surface area contributed by atoms with E-state index in [4.69, 9.17) is 14.2 Å². The van der Waals surface area contributed by atoms with Crippen molar-refractivity contribution in [3.8, 4) is 17.2 Å². The van der Waals surface area contributed by atoms with Crippen molar-refractivity contribution in [3.63, 3.8) is 0 Å². The number of hydrogen-bond acceptors (Lipinski definition) is 6. The zero-order valence-electron chi connectivity index (χ0n) is 16.0. The molecule has 1 aromatic carbocycles. The smallest absolute Gasteiger partial charge is 0.241 e. The van der Waals surface area contributed by atoms with Crippen molar-refractivity contribution in [1.82, 2.24) is 15.1 Å². The molecule has 0 saturated carbocycles. The lowest BCUT2D eigenvalue weighted by molar-refractivity contribution is -0.133. The molecule has 3 aliphatic rings. The predicted octanol–water partition coefficient (Wildman–Crippen LogP) is 1.25. The molecule has 2 saturated heterocycles. The van der Waals surface area contributed by atoms with Gasteiger partial charge in [-0.1, -0.05) is 0 Å². The monoisotopic (exact) mass is 375 g/mol. The second-order valence-corrected chi connectivity index (χ2v) is 7.44. The molecule has 1 aromatic rings. The number of ether oxygens (including phenoxy) is 3. The Morgan fingerprint density at radius 2 is 1.89 bits per heavy atom. The Hall–Kier alpha value is -1.99. The Balaban J connectivity index is 1.46. The van der Waals surface area contributed by atoms with Crippen LogP contribution in [0, 0.1) is 0 Å². The number of nitrogens with one attached hydrogen (secondary N) is 1. The van der Waals surface area contributed by atoms with E-state index in [0.29, 0.717) is 19.8 Å². The van der Waals surface area contributed by atoms with Gasteiger partial charge in [0.2, 0.25) is 5.91 Å². The highest BCUT2D eigenvalue weighted by Gasteiger charge is 2.30. The largest absolute Gasteiger partial charge is 0.496 e. The third kappa shape index (κ3) is 4.14. The van der Waals surface area contributed by atoms with Crippen molar-refractivity contribution in [3.05, 3.63) is 17.7 Å². The van der Waals surface area contributed by atoms with Gasteiger partial charge in [-0.05, 0) is 18.9 Å². The minimum Gasteiger partial charge on any atom is -0.496 e. The van der Waals surface area contributed by atoms with Crippen LogP contribution in [-0.4, -0.2) is 74.8 Å². The molecule has 2 fully saturated rings. The minimum atomic E-state index is -0.122. The van der Waals surface area contributed by atoms with Crippen molar-refractivity contribution in [2.75, 3.05) is 53.0 Å². The highest BCUT2D eigenvalue weighted by molar-refractivity contribution is 5.82. The predicted molar refractivity (Wildman–Crippen MR) is 101 cm³/mol. The van der Waals surface area contributed by atoms with Gasteiger partial charge in [0.1, 0.15) is 5.75 Å². The van der Waals surface area contributed by atoms with Crippen molar-refractivity contribution >= 4 is 5.91 Å². The number of amides is 1. The van der Waals surface area contributed by atoms with Gasteiger partial charge in [-0.25, -0.2) is 0 Å². The van der Waals surface area contributed by atoms with Gasteiger partial charge in [-0.15, -0.1) is 0 Å². The third-order valence-electron chi connectivity index (χ3n) is 5.52. The zero-order chi connectivity index (χ0) is 18.6. The summed E-state index contributed by atoms with van der Waals surface area (Å²) in [6.45, 7) is 6.28. The van der Waals surface area contributed by atoms with Crippen LogP contribution in [0.1, 0.15) is 24.8 Å². The fraction of sp³-hybridized carbons (Fsp3) is 0.650. The molecule has 1 atom stereocenters. The number of fused-ring (bicyclic) bond motifs is 1. The molecule has 27 heavy (non-hydrogen) atoms. The second kappa shape index (κ2) is 8.35. The van der Waals surface area contributed by atoms with Crippen molar-refractivity contribution in [1.29, 1.82) is 0 Å². The van der Waals surface area contributed by atoms with Gasteiger partial charge in [0.15, 0.2) is 11.5 Å². The van der Waals surface area contributed by atoms with Gasteiger partial charge < -0.3 is 24.4 Å². The first-order valence-electron chi connectivity index (χ1n) is 9.95. The maximum absolute atomic E-state index is 12.7. The fourth-order valence-corrected chi connectivity index (χ4v) is 4.06. The topological polar surface area (TPSA) is 63.3 Å². The summed E-state index contributed by atoms with van der Waals surface area (Å²) in [6, 6.07) is 3.83. The number of methoxy groups -OCH3 is 1. The van der Waals surface area contributed by atoms with E-state index < -0.39 is 0 Å². The van der Waals surface area contributed by atoms with E-state index in [-0.39, 0.29) is 11.9 Å². The number of piperazine rings is 1. The molecule has 4 rings (SSSR count). The highest BCUT2D eigenvalue weighted by Crippen LogP contribution is 2.37. The lowest BCUT2D eigenvalue weighted by Gasteiger charge is -2.35. The molecule has 1 N–H and O–H groups in total. The Kier molecular flexibility index (Phi) is 5.69. The van der Waals surface area contributed by atoms with Crippen LogP contribution in [0.2, 0.25) is 0 Å². The van der Waals surface area contributed by atoms with Crippen molar-refractivity contribution in [2.24, 2.45) is 0 Å². The van der Waals surface area contributed by atoms with Crippen LogP contribution in [0.3, 0.4) is 0 Å². The van der Waals surface area contributed by atoms with Crippen LogP contribution in [0.4, 0.5) is 0 Å². The number of hydrogen-bond donors (Lipinski definition) is 1. The molecule has 3 aliphatic heterocycles. The molecule has 0 aliphatic carbocycles. The average Bonchev–Trinajstić information content (AvgIpc) is 3.14. The maximum Gasteiger partial charge on any atom is 0.241 e. The summed E-state index contributed by atoms with van der Waals surface area (Å²) in [7, 11) is 1.68. The molecule has 0 radical (unpaired) electrons. The number of nitrogens with zero attached hydrogens (tertiary/aromatic N) is 2. The quantitative estimate of drug-likeness (QED) is 0.855. The first-order valence-corrected chi connectivity index (χ1v) is 9.95. The molecule has 7 nitrogen and oxygen atoms in total. The van der Waals surface area contributed by atoms with E-state index in [9.17, 15) is 4.79 Å². The second-order valence-electron chi connectivity index (χ2n) is 7.44. The Morgan fingerprint density at radius 3 is 2.63 bits per heavy atom. The van der Waals surface area contributed by atoms with Gasteiger partial charge in [-0.3, -0.25) is 9.69 Å². The van der Waals surface area contributed by atoms with Crippen molar-refractivity contribution in [2.45, 2.75) is 31.8 Å². The molecule has 1 amide bonds. The lowest BCUT2D eigenvalue weighted by atomic mass is 10.1. The molecule has 7 heteroatoms. The van der Waals surface area contributed by atoms with Gasteiger partial charge in [0.05, 0.1) is 26.4 Å². The fourth-order valence-electron chi connectivity index (χ4n) is 4.06. The van der Waals surface area contributed by atoms with Crippen LogP contribution >= 0.6 is 0 Å². The summed E-state index contributed by atoms with van der Waals surface area (Å²) in [6.07, 6.45) is 3.12. The van der Waals surface area contributed by atoms with E-state index in [1.807, 2.05) is 17.0 Å². The number of benzene rings is 1. The summed E-state index contributed by atoms with van der Waals surface area (Å²) < 4.78 is 17.2. The first-order chi connectivity index (χ1) is 13.2. The molecule has 0 spiro atoms. The summed E-state index contributed by atoms with van der Waals surface area (Å²) in [5.41, 5.74) is 1.07. The van der Waals surface area contributed by atoms with Crippen molar-refractivity contribution < 1.29 is 19.0 Å². The average molecular weight is 375 g/mol. The molecular formula is C20H29N3O4. The molecule has 0 aromatic heterocycles. The van der Waals surface area contributed by atoms with Gasteiger partial charge >= 0.3 is 0 Å². The number of likely N-dealkylation sites (tertiary alicyclic amines) is 1. The molecule has 0 bridgehead atoms. The SMILES string of the molecule is COc1cc2c(cc1CN1CCN[C@H](C(=O)N3CCCC3)C1)OCCCO2. The first kappa shape index (κ1) is 18.4. The Morgan fingerprint density at radius 1 is 1.15 bits per heavy atom. The highest BCUT2D eigenvalue weighted by atomic mass is 16.5. The summed E-state index contributed by atoms with van der Waals surface area (Å²) >= 11 is 0. The van der Waals surface area contributed by atoms with Gasteiger partial charge in [0, 0.05) is 57.3 Å². The van der Waals surface area contributed by atoms with E-state index in [0.717, 1.165) is 74.8 Å². The van der Waals surface area contributed by atoms with Crippen LogP contribution in [-0.2, 0) is 11.3 Å². The number of carbonyl (C=O) groups is 1. The van der Waals surface area contributed by atoms with Crippen LogP contribution in [0.15, 0.2) is 12.1 Å². The summed E-state index contributed by atoms with van der Waals surface area (Å²) in [5.74, 6) is 2.57. The number of carbonyl (C=O) groups excluding carboxylic acids is 1. The van der Waals surface area contributed by atoms with E-state index in [2.05, 4.69) is 10.2 Å². The lowest BCUT2D eigenvalue weighted by Crippen LogP contribution is -2.57. The number of rotatable bonds is 4. The standard InChI is InChI=1S/C20H29N3O4/c1-25-17-12-19-18(26-9-4-10-27-19)11-15(17)13-22-8-5-21-16(14-22)20(24)23-6-2-3-7-23/h11-12,16,21H,2-10,13-14H2,1H3/t16-/m0/s1. The minimum absolute atomic E-state index is 0.122. The van der Waals surface area contributed by atoms with Gasteiger partial charge in [-0.2, -0.15) is 0 Å². The molecule has 3 heterocycles. The van der Waals surface area contributed by atoms with E-state index in [1.165, 1.54) is 0 Å². The van der Waals surface area contributed by atoms with Gasteiger partial charge in [0.25, 0.3) is 0 Å². The normalized spacial score (nSPS) is 23.1.